The molecule has 2 nitrogen and oxygen atoms in total. The minimum atomic E-state index is -0.621. The van der Waals surface area contributed by atoms with Crippen LogP contribution in [0.1, 0.15) is 44.9 Å². The Bertz CT molecular complexity index is 328. The molecule has 0 spiro atoms. The Morgan fingerprint density at radius 2 is 2.25 bits per heavy atom. The van der Waals surface area contributed by atoms with Gasteiger partial charge in [0.2, 0.25) is 0 Å². The van der Waals surface area contributed by atoms with Crippen LogP contribution in [0.3, 0.4) is 0 Å². The average Bonchev–Trinajstić information content (AvgIpc) is 2.46. The van der Waals surface area contributed by atoms with Crippen molar-refractivity contribution in [1.29, 1.82) is 0 Å². The number of carbonyl (C=O) groups is 1. The topological polar surface area (TPSA) is 37.3 Å². The molecule has 1 N–H and O–H groups in total. The molecule has 2 unspecified atom stereocenters. The predicted octanol–water partition coefficient (Wildman–Crippen LogP) is 3.23. The first-order valence-electron chi connectivity index (χ1n) is 6.63. The second-order valence-corrected chi connectivity index (χ2v) is 5.96. The van der Waals surface area contributed by atoms with E-state index in [1.807, 2.05) is 0 Å². The fourth-order valence-electron chi connectivity index (χ4n) is 3.72. The van der Waals surface area contributed by atoms with E-state index in [9.17, 15) is 4.79 Å². The van der Waals surface area contributed by atoms with Gasteiger partial charge in [-0.1, -0.05) is 30.9 Å². The Balaban J connectivity index is 1.55. The van der Waals surface area contributed by atoms with Gasteiger partial charge in [-0.05, 0) is 42.9 Å². The lowest BCUT2D eigenvalue weighted by Gasteiger charge is -2.39. The Hall–Kier alpha value is -0.790. The standard InChI is InChI=1S/C14H20O2/c15-14(16)8-12-7-11-5-10(6-13(11)12)4-9-2-1-3-9/h6,9,11-13H,1-5,7-8H2,(H,15,16)/t11?,12-,13?/m1/s1. The normalized spacial score (nSPS) is 37.2. The summed E-state index contributed by atoms with van der Waals surface area (Å²) in [4.78, 5) is 10.7. The van der Waals surface area contributed by atoms with E-state index in [1.54, 1.807) is 5.57 Å². The first-order valence-corrected chi connectivity index (χ1v) is 6.63. The van der Waals surface area contributed by atoms with Crippen LogP contribution in [-0.4, -0.2) is 11.1 Å². The molecule has 0 heterocycles. The van der Waals surface area contributed by atoms with Crippen molar-refractivity contribution in [1.82, 2.24) is 0 Å². The van der Waals surface area contributed by atoms with Gasteiger partial charge in [-0.15, -0.1) is 0 Å². The zero-order chi connectivity index (χ0) is 11.1. The molecule has 16 heavy (non-hydrogen) atoms. The van der Waals surface area contributed by atoms with Gasteiger partial charge < -0.3 is 5.11 Å². The highest BCUT2D eigenvalue weighted by Gasteiger charge is 2.44. The van der Waals surface area contributed by atoms with Crippen molar-refractivity contribution in [2.24, 2.45) is 23.7 Å². The summed E-state index contributed by atoms with van der Waals surface area (Å²) in [6.07, 6.45) is 10.8. The van der Waals surface area contributed by atoms with Crippen molar-refractivity contribution in [3.8, 4) is 0 Å². The molecule has 2 saturated carbocycles. The van der Waals surface area contributed by atoms with Crippen molar-refractivity contribution in [2.75, 3.05) is 0 Å². The van der Waals surface area contributed by atoms with Gasteiger partial charge in [-0.2, -0.15) is 0 Å². The van der Waals surface area contributed by atoms with Crippen molar-refractivity contribution >= 4 is 5.97 Å². The number of rotatable bonds is 4. The maximum Gasteiger partial charge on any atom is 0.303 e. The monoisotopic (exact) mass is 220 g/mol. The van der Waals surface area contributed by atoms with E-state index in [2.05, 4.69) is 6.08 Å². The average molecular weight is 220 g/mol. The number of allylic oxidation sites excluding steroid dienone is 2. The van der Waals surface area contributed by atoms with Gasteiger partial charge in [0.25, 0.3) is 0 Å². The summed E-state index contributed by atoms with van der Waals surface area (Å²) in [7, 11) is 0. The first-order chi connectivity index (χ1) is 7.72. The highest BCUT2D eigenvalue weighted by Crippen LogP contribution is 2.52. The van der Waals surface area contributed by atoms with Gasteiger partial charge in [0.05, 0.1) is 0 Å². The van der Waals surface area contributed by atoms with Crippen molar-refractivity contribution in [3.63, 3.8) is 0 Å². The molecule has 0 saturated heterocycles. The third kappa shape index (κ3) is 1.79. The maximum atomic E-state index is 10.7. The Labute approximate surface area is 96.7 Å². The highest BCUT2D eigenvalue weighted by molar-refractivity contribution is 5.67. The number of fused-ring (bicyclic) bond motifs is 1. The van der Waals surface area contributed by atoms with Gasteiger partial charge in [0, 0.05) is 6.42 Å². The maximum absolute atomic E-state index is 10.7. The summed E-state index contributed by atoms with van der Waals surface area (Å²) < 4.78 is 0. The summed E-state index contributed by atoms with van der Waals surface area (Å²) in [5, 5.41) is 8.81. The predicted molar refractivity (Wildman–Crippen MR) is 62.0 cm³/mol. The molecule has 0 amide bonds. The lowest BCUT2D eigenvalue weighted by Crippen LogP contribution is -2.34. The number of hydrogen-bond donors (Lipinski definition) is 1. The molecule has 88 valence electrons. The Morgan fingerprint density at radius 3 is 2.88 bits per heavy atom. The molecule has 0 aliphatic heterocycles. The molecule has 0 bridgehead atoms. The van der Waals surface area contributed by atoms with E-state index in [0.717, 1.165) is 18.3 Å². The summed E-state index contributed by atoms with van der Waals surface area (Å²) in [5.74, 6) is 2.21. The molecule has 2 heteroatoms. The molecule has 0 aromatic rings. The molecule has 3 rings (SSSR count). The first kappa shape index (κ1) is 10.4. The van der Waals surface area contributed by atoms with Crippen LogP contribution in [0.4, 0.5) is 0 Å². The van der Waals surface area contributed by atoms with Crippen LogP contribution in [0.5, 0.6) is 0 Å². The van der Waals surface area contributed by atoms with Crippen LogP contribution in [0, 0.1) is 23.7 Å². The fourth-order valence-corrected chi connectivity index (χ4v) is 3.72. The smallest absolute Gasteiger partial charge is 0.303 e. The van der Waals surface area contributed by atoms with E-state index < -0.39 is 5.97 Å². The lowest BCUT2D eigenvalue weighted by atomic mass is 9.65. The number of carboxylic acid groups (broad SMARTS) is 1. The van der Waals surface area contributed by atoms with Gasteiger partial charge in [0.1, 0.15) is 0 Å². The Kier molecular flexibility index (Phi) is 2.53. The van der Waals surface area contributed by atoms with Gasteiger partial charge in [-0.3, -0.25) is 4.79 Å². The van der Waals surface area contributed by atoms with E-state index in [-0.39, 0.29) is 0 Å². The van der Waals surface area contributed by atoms with Crippen molar-refractivity contribution < 1.29 is 9.90 Å². The van der Waals surface area contributed by atoms with Crippen LogP contribution in [-0.2, 0) is 4.79 Å². The second-order valence-electron chi connectivity index (χ2n) is 5.96. The van der Waals surface area contributed by atoms with Crippen molar-refractivity contribution in [3.05, 3.63) is 11.6 Å². The molecular weight excluding hydrogens is 200 g/mol. The molecule has 3 aliphatic carbocycles. The Morgan fingerprint density at radius 1 is 1.44 bits per heavy atom. The summed E-state index contributed by atoms with van der Waals surface area (Å²) in [5.41, 5.74) is 1.65. The minimum absolute atomic E-state index is 0.383. The zero-order valence-corrected chi connectivity index (χ0v) is 9.69. The third-order valence-corrected chi connectivity index (χ3v) is 4.86. The summed E-state index contributed by atoms with van der Waals surface area (Å²) in [6.45, 7) is 0. The largest absolute Gasteiger partial charge is 0.481 e. The number of aliphatic carboxylic acids is 1. The third-order valence-electron chi connectivity index (χ3n) is 4.86. The van der Waals surface area contributed by atoms with Gasteiger partial charge in [0.15, 0.2) is 0 Å². The molecule has 0 radical (unpaired) electrons. The molecule has 3 aliphatic rings. The minimum Gasteiger partial charge on any atom is -0.481 e. The SMILES string of the molecule is O=C(O)C[C@H]1CC2CC(CC3CCC3)=CC21. The molecule has 3 atom stereocenters. The second kappa shape index (κ2) is 3.90. The summed E-state index contributed by atoms with van der Waals surface area (Å²) >= 11 is 0. The van der Waals surface area contributed by atoms with Gasteiger partial charge in [-0.25, -0.2) is 0 Å². The molecule has 0 aromatic heterocycles. The fraction of sp³-hybridized carbons (Fsp3) is 0.786. The van der Waals surface area contributed by atoms with Crippen LogP contribution >= 0.6 is 0 Å². The van der Waals surface area contributed by atoms with Crippen LogP contribution in [0.2, 0.25) is 0 Å². The molecule has 0 aromatic carbocycles. The van der Waals surface area contributed by atoms with Crippen LogP contribution in [0.25, 0.3) is 0 Å². The molecule has 2 fully saturated rings. The zero-order valence-electron chi connectivity index (χ0n) is 9.69. The highest BCUT2D eigenvalue weighted by atomic mass is 16.4. The van der Waals surface area contributed by atoms with Gasteiger partial charge >= 0.3 is 5.97 Å². The van der Waals surface area contributed by atoms with E-state index >= 15 is 0 Å². The van der Waals surface area contributed by atoms with E-state index in [1.165, 1.54) is 32.1 Å². The van der Waals surface area contributed by atoms with Crippen molar-refractivity contribution in [2.45, 2.75) is 44.9 Å². The van der Waals surface area contributed by atoms with Crippen LogP contribution < -0.4 is 0 Å². The molecular formula is C14H20O2. The number of hydrogen-bond acceptors (Lipinski definition) is 1. The van der Waals surface area contributed by atoms with E-state index in [0.29, 0.717) is 18.3 Å². The lowest BCUT2D eigenvalue weighted by molar-refractivity contribution is -0.139. The van der Waals surface area contributed by atoms with Crippen LogP contribution in [0.15, 0.2) is 11.6 Å². The van der Waals surface area contributed by atoms with E-state index in [4.69, 9.17) is 5.11 Å². The number of carboxylic acids is 1. The quantitative estimate of drug-likeness (QED) is 0.738. The summed E-state index contributed by atoms with van der Waals surface area (Å²) in [6, 6.07) is 0.